The van der Waals surface area contributed by atoms with Crippen molar-refractivity contribution in [3.8, 4) is 0 Å². The molecule has 0 aromatic heterocycles. The predicted molar refractivity (Wildman–Crippen MR) is 105 cm³/mol. The summed E-state index contributed by atoms with van der Waals surface area (Å²) in [6, 6.07) is 15.0. The first-order chi connectivity index (χ1) is 14.1. The van der Waals surface area contributed by atoms with Gasteiger partial charge in [-0.2, -0.15) is 0 Å². The molecule has 5 aliphatic rings. The van der Waals surface area contributed by atoms with E-state index in [-0.39, 0.29) is 42.4 Å². The predicted octanol–water partition coefficient (Wildman–Crippen LogP) is 2.74. The number of carbonyl (C=O) groups excluding carboxylic acids is 3. The van der Waals surface area contributed by atoms with Crippen molar-refractivity contribution in [2.24, 2.45) is 5.92 Å². The Bertz CT molecular complexity index is 1050. The number of fused-ring (bicyclic) bond motifs is 4. The van der Waals surface area contributed by atoms with Crippen LogP contribution in [0.4, 0.5) is 5.69 Å². The molecular formula is C23H20N2O4. The molecule has 4 aliphatic heterocycles. The maximum absolute atomic E-state index is 12.8. The Morgan fingerprint density at radius 1 is 0.966 bits per heavy atom. The van der Waals surface area contributed by atoms with Gasteiger partial charge in [0.15, 0.2) is 0 Å². The monoisotopic (exact) mass is 388 g/mol. The largest absolute Gasteiger partial charge is 0.460 e. The van der Waals surface area contributed by atoms with Crippen LogP contribution in [0, 0.1) is 5.92 Å². The maximum Gasteiger partial charge on any atom is 0.310 e. The van der Waals surface area contributed by atoms with Gasteiger partial charge in [0.1, 0.15) is 6.10 Å². The van der Waals surface area contributed by atoms with E-state index >= 15 is 0 Å². The molecule has 1 N–H and O–H groups in total. The van der Waals surface area contributed by atoms with Crippen LogP contribution in [0.2, 0.25) is 0 Å². The molecule has 1 saturated carbocycles. The van der Waals surface area contributed by atoms with E-state index in [4.69, 9.17) is 4.74 Å². The SMILES string of the molecule is O=C1OC2CCC1[C@@]1(CCN3C(=O)c4ccccc4C3=O)c3ccccc3N[C@@H]21. The normalized spacial score (nSPS) is 31.2. The first-order valence-corrected chi connectivity index (χ1v) is 10.1. The second kappa shape index (κ2) is 5.69. The molecule has 1 aliphatic carbocycles. The van der Waals surface area contributed by atoms with E-state index in [1.807, 2.05) is 18.2 Å². The first kappa shape index (κ1) is 16.8. The zero-order valence-corrected chi connectivity index (χ0v) is 15.8. The van der Waals surface area contributed by atoms with Gasteiger partial charge in [-0.1, -0.05) is 30.3 Å². The lowest BCUT2D eigenvalue weighted by atomic mass is 9.57. The van der Waals surface area contributed by atoms with E-state index in [1.54, 1.807) is 24.3 Å². The van der Waals surface area contributed by atoms with Gasteiger partial charge in [-0.3, -0.25) is 19.3 Å². The molecule has 0 spiro atoms. The average Bonchev–Trinajstić information content (AvgIpc) is 3.22. The van der Waals surface area contributed by atoms with Gasteiger partial charge in [0.25, 0.3) is 11.8 Å². The Balaban J connectivity index is 1.38. The maximum atomic E-state index is 12.8. The number of nitrogens with one attached hydrogen (secondary N) is 1. The number of benzene rings is 2. The van der Waals surface area contributed by atoms with E-state index in [2.05, 4.69) is 11.4 Å². The topological polar surface area (TPSA) is 75.7 Å². The summed E-state index contributed by atoms with van der Waals surface area (Å²) < 4.78 is 5.67. The van der Waals surface area contributed by atoms with Gasteiger partial charge in [0, 0.05) is 17.6 Å². The summed E-state index contributed by atoms with van der Waals surface area (Å²) in [5.41, 5.74) is 2.59. The molecule has 2 unspecified atom stereocenters. The number of hydrogen-bond donors (Lipinski definition) is 1. The Hall–Kier alpha value is -3.15. The van der Waals surface area contributed by atoms with Crippen molar-refractivity contribution < 1.29 is 19.1 Å². The molecule has 2 aromatic carbocycles. The number of hydrogen-bond acceptors (Lipinski definition) is 5. The van der Waals surface area contributed by atoms with Gasteiger partial charge in [-0.05, 0) is 43.0 Å². The van der Waals surface area contributed by atoms with Crippen LogP contribution in [0.25, 0.3) is 0 Å². The van der Waals surface area contributed by atoms with Crippen LogP contribution in [0.15, 0.2) is 48.5 Å². The average molecular weight is 388 g/mol. The van der Waals surface area contributed by atoms with Crippen LogP contribution < -0.4 is 5.32 Å². The number of nitrogens with zero attached hydrogens (tertiary/aromatic N) is 1. The zero-order valence-electron chi connectivity index (χ0n) is 15.8. The number of anilines is 1. The van der Waals surface area contributed by atoms with E-state index < -0.39 is 5.41 Å². The fraction of sp³-hybridized carbons (Fsp3) is 0.348. The van der Waals surface area contributed by atoms with Gasteiger partial charge >= 0.3 is 5.97 Å². The van der Waals surface area contributed by atoms with Crippen LogP contribution in [-0.4, -0.2) is 41.4 Å². The van der Waals surface area contributed by atoms with Gasteiger partial charge in [0.2, 0.25) is 0 Å². The molecule has 29 heavy (non-hydrogen) atoms. The van der Waals surface area contributed by atoms with Gasteiger partial charge < -0.3 is 10.1 Å². The summed E-state index contributed by atoms with van der Waals surface area (Å²) in [5.74, 6) is -0.912. The van der Waals surface area contributed by atoms with Crippen LogP contribution in [0.3, 0.4) is 0 Å². The van der Waals surface area contributed by atoms with E-state index in [0.717, 1.165) is 24.1 Å². The number of ether oxygens (including phenoxy) is 1. The van der Waals surface area contributed by atoms with Crippen LogP contribution in [-0.2, 0) is 14.9 Å². The van der Waals surface area contributed by atoms with Crippen molar-refractivity contribution in [3.63, 3.8) is 0 Å². The quantitative estimate of drug-likeness (QED) is 0.646. The smallest absolute Gasteiger partial charge is 0.310 e. The summed E-state index contributed by atoms with van der Waals surface area (Å²) in [6.07, 6.45) is 1.99. The van der Waals surface area contributed by atoms with Crippen LogP contribution in [0.1, 0.15) is 45.5 Å². The molecule has 4 atom stereocenters. The Morgan fingerprint density at radius 2 is 1.66 bits per heavy atom. The summed E-state index contributed by atoms with van der Waals surface area (Å²) in [4.78, 5) is 39.7. The molecule has 2 amide bonds. The molecular weight excluding hydrogens is 368 g/mol. The minimum Gasteiger partial charge on any atom is -0.460 e. The first-order valence-electron chi connectivity index (χ1n) is 10.1. The third-order valence-electron chi connectivity index (χ3n) is 7.21. The second-order valence-corrected chi connectivity index (χ2v) is 8.37. The van der Waals surface area contributed by atoms with Crippen molar-refractivity contribution in [1.29, 1.82) is 0 Å². The number of rotatable bonds is 3. The molecule has 2 aromatic rings. The van der Waals surface area contributed by atoms with Crippen LogP contribution in [0.5, 0.6) is 0 Å². The summed E-state index contributed by atoms with van der Waals surface area (Å²) in [6.45, 7) is 0.287. The van der Waals surface area contributed by atoms with Crippen LogP contribution >= 0.6 is 0 Å². The summed E-state index contributed by atoms with van der Waals surface area (Å²) in [5, 5.41) is 3.58. The van der Waals surface area contributed by atoms with Gasteiger partial charge in [-0.15, -0.1) is 0 Å². The Labute approximate surface area is 167 Å². The highest BCUT2D eigenvalue weighted by Gasteiger charge is 2.64. The lowest BCUT2D eigenvalue weighted by molar-refractivity contribution is -0.179. The van der Waals surface area contributed by atoms with Crippen molar-refractivity contribution in [2.45, 2.75) is 36.8 Å². The highest BCUT2D eigenvalue weighted by Crippen LogP contribution is 2.57. The van der Waals surface area contributed by atoms with Crippen molar-refractivity contribution >= 4 is 23.5 Å². The summed E-state index contributed by atoms with van der Waals surface area (Å²) in [7, 11) is 0. The third-order valence-corrected chi connectivity index (χ3v) is 7.21. The Kier molecular flexibility index (Phi) is 3.29. The molecule has 0 radical (unpaired) electrons. The molecule has 6 nitrogen and oxygen atoms in total. The lowest BCUT2D eigenvalue weighted by Gasteiger charge is -2.52. The Morgan fingerprint density at radius 3 is 2.38 bits per heavy atom. The zero-order chi connectivity index (χ0) is 19.8. The minimum atomic E-state index is -0.454. The lowest BCUT2D eigenvalue weighted by Crippen LogP contribution is -2.64. The van der Waals surface area contributed by atoms with Gasteiger partial charge in [0.05, 0.1) is 23.1 Å². The fourth-order valence-electron chi connectivity index (χ4n) is 5.95. The highest BCUT2D eigenvalue weighted by atomic mass is 16.5. The molecule has 146 valence electrons. The molecule has 3 fully saturated rings. The number of para-hydroxylation sites is 1. The van der Waals surface area contributed by atoms with E-state index in [0.29, 0.717) is 17.5 Å². The molecule has 6 heteroatoms. The minimum absolute atomic E-state index is 0.0217. The third kappa shape index (κ3) is 2.03. The van der Waals surface area contributed by atoms with E-state index in [1.165, 1.54) is 4.90 Å². The van der Waals surface area contributed by atoms with Crippen molar-refractivity contribution in [2.75, 3.05) is 11.9 Å². The number of carbonyl (C=O) groups is 3. The molecule has 2 bridgehead atoms. The van der Waals surface area contributed by atoms with Gasteiger partial charge in [-0.25, -0.2) is 0 Å². The molecule has 2 saturated heterocycles. The number of amides is 2. The summed E-state index contributed by atoms with van der Waals surface area (Å²) >= 11 is 0. The molecule has 7 rings (SSSR count). The van der Waals surface area contributed by atoms with E-state index in [9.17, 15) is 14.4 Å². The number of imide groups is 1. The number of esters is 1. The van der Waals surface area contributed by atoms with Crippen molar-refractivity contribution in [3.05, 3.63) is 65.2 Å². The fourth-order valence-corrected chi connectivity index (χ4v) is 5.95. The second-order valence-electron chi connectivity index (χ2n) is 8.37. The highest BCUT2D eigenvalue weighted by molar-refractivity contribution is 6.21. The van der Waals surface area contributed by atoms with Crippen molar-refractivity contribution in [1.82, 2.24) is 4.90 Å². The standard InChI is InChI=1S/C23H20N2O4/c26-20-13-5-1-2-6-14(13)21(27)25(20)12-11-23-15-7-3-4-8-17(15)24-19(23)18-10-9-16(23)22(28)29-18/h1-8,16,18-19,24H,9-12H2/t16?,18?,19-,23+/m0/s1. The molecule has 4 heterocycles.